The predicted octanol–water partition coefficient (Wildman–Crippen LogP) is 1.76. The van der Waals surface area contributed by atoms with E-state index < -0.39 is 5.60 Å². The second-order valence-corrected chi connectivity index (χ2v) is 5.75. The summed E-state index contributed by atoms with van der Waals surface area (Å²) in [5.74, 6) is 0.0135. The first-order valence-electron chi connectivity index (χ1n) is 7.29. The maximum absolute atomic E-state index is 11.8. The fraction of sp³-hybridized carbons (Fsp3) is 0.929. The number of hydrogen-bond donors (Lipinski definition) is 2. The molecule has 1 aliphatic carbocycles. The minimum Gasteiger partial charge on any atom is -0.388 e. The van der Waals surface area contributed by atoms with Crippen molar-refractivity contribution in [2.45, 2.75) is 69.5 Å². The van der Waals surface area contributed by atoms with E-state index in [9.17, 15) is 9.90 Å². The SMILES string of the molecule is O=C(CC1CCCO1)NCC1(O)CCCCCC1. The van der Waals surface area contributed by atoms with Crippen molar-refractivity contribution in [2.24, 2.45) is 0 Å². The monoisotopic (exact) mass is 255 g/mol. The van der Waals surface area contributed by atoms with E-state index in [1.807, 2.05) is 0 Å². The normalized spacial score (nSPS) is 27.7. The Labute approximate surface area is 109 Å². The molecule has 2 N–H and O–H groups in total. The van der Waals surface area contributed by atoms with Gasteiger partial charge in [-0.05, 0) is 25.7 Å². The third-order valence-corrected chi connectivity index (χ3v) is 4.09. The van der Waals surface area contributed by atoms with E-state index >= 15 is 0 Å². The van der Waals surface area contributed by atoms with Gasteiger partial charge < -0.3 is 15.2 Å². The third kappa shape index (κ3) is 4.25. The van der Waals surface area contributed by atoms with Crippen LogP contribution in [0.1, 0.15) is 57.8 Å². The molecule has 18 heavy (non-hydrogen) atoms. The highest BCUT2D eigenvalue weighted by atomic mass is 16.5. The summed E-state index contributed by atoms with van der Waals surface area (Å²) >= 11 is 0. The van der Waals surface area contributed by atoms with Crippen molar-refractivity contribution >= 4 is 5.91 Å². The van der Waals surface area contributed by atoms with Gasteiger partial charge in [0.1, 0.15) is 0 Å². The van der Waals surface area contributed by atoms with Crippen LogP contribution in [-0.4, -0.2) is 35.9 Å². The van der Waals surface area contributed by atoms with Crippen molar-refractivity contribution in [2.75, 3.05) is 13.2 Å². The number of carbonyl (C=O) groups is 1. The number of ether oxygens (including phenoxy) is 1. The predicted molar refractivity (Wildman–Crippen MR) is 69.3 cm³/mol. The van der Waals surface area contributed by atoms with E-state index in [2.05, 4.69) is 5.32 Å². The summed E-state index contributed by atoms with van der Waals surface area (Å²) in [5.41, 5.74) is -0.678. The van der Waals surface area contributed by atoms with E-state index in [0.717, 1.165) is 45.1 Å². The van der Waals surface area contributed by atoms with Crippen LogP contribution in [-0.2, 0) is 9.53 Å². The van der Waals surface area contributed by atoms with Crippen LogP contribution in [0.15, 0.2) is 0 Å². The Morgan fingerprint density at radius 1 is 1.22 bits per heavy atom. The second-order valence-electron chi connectivity index (χ2n) is 5.75. The number of nitrogens with one attached hydrogen (secondary N) is 1. The number of hydrogen-bond acceptors (Lipinski definition) is 3. The van der Waals surface area contributed by atoms with Gasteiger partial charge in [0.2, 0.25) is 5.91 Å². The van der Waals surface area contributed by atoms with E-state index in [-0.39, 0.29) is 12.0 Å². The summed E-state index contributed by atoms with van der Waals surface area (Å²) in [4.78, 5) is 11.8. The molecule has 0 radical (unpaired) electrons. The first-order valence-corrected chi connectivity index (χ1v) is 7.29. The number of amides is 1. The maximum Gasteiger partial charge on any atom is 0.222 e. The lowest BCUT2D eigenvalue weighted by Crippen LogP contribution is -2.43. The number of aliphatic hydroxyl groups is 1. The van der Waals surface area contributed by atoms with Gasteiger partial charge >= 0.3 is 0 Å². The van der Waals surface area contributed by atoms with Gasteiger partial charge in [0.25, 0.3) is 0 Å². The Morgan fingerprint density at radius 2 is 1.94 bits per heavy atom. The molecular formula is C14H25NO3. The Morgan fingerprint density at radius 3 is 2.56 bits per heavy atom. The van der Waals surface area contributed by atoms with E-state index in [4.69, 9.17) is 4.74 Å². The Kier molecular flexibility index (Phi) is 5.01. The summed E-state index contributed by atoms with van der Waals surface area (Å²) in [6.07, 6.45) is 8.73. The van der Waals surface area contributed by atoms with Crippen molar-refractivity contribution in [1.29, 1.82) is 0 Å². The Balaban J connectivity index is 1.70. The molecule has 104 valence electrons. The topological polar surface area (TPSA) is 58.6 Å². The number of rotatable bonds is 4. The molecule has 0 aromatic rings. The average Bonchev–Trinajstić information content (AvgIpc) is 2.75. The van der Waals surface area contributed by atoms with Crippen LogP contribution < -0.4 is 5.32 Å². The molecule has 4 heteroatoms. The molecule has 0 bridgehead atoms. The molecule has 2 rings (SSSR count). The van der Waals surface area contributed by atoms with Gasteiger partial charge in [-0.3, -0.25) is 4.79 Å². The fourth-order valence-corrected chi connectivity index (χ4v) is 2.91. The lowest BCUT2D eigenvalue weighted by atomic mass is 9.94. The van der Waals surface area contributed by atoms with Gasteiger partial charge in [-0.2, -0.15) is 0 Å². The first-order chi connectivity index (χ1) is 8.68. The van der Waals surface area contributed by atoms with E-state index in [0.29, 0.717) is 13.0 Å². The van der Waals surface area contributed by atoms with Crippen molar-refractivity contribution in [1.82, 2.24) is 5.32 Å². The van der Waals surface area contributed by atoms with Gasteiger partial charge in [0.05, 0.1) is 18.1 Å². The van der Waals surface area contributed by atoms with Crippen LogP contribution in [0.2, 0.25) is 0 Å². The number of carbonyl (C=O) groups excluding carboxylic acids is 1. The molecule has 0 aromatic heterocycles. The summed E-state index contributed by atoms with van der Waals surface area (Å²) < 4.78 is 5.44. The maximum atomic E-state index is 11.8. The standard InChI is InChI=1S/C14H25NO3/c16-13(10-12-6-5-9-18-12)15-11-14(17)7-3-1-2-4-8-14/h12,17H,1-11H2,(H,15,16). The molecule has 2 fully saturated rings. The highest BCUT2D eigenvalue weighted by Gasteiger charge is 2.28. The summed E-state index contributed by atoms with van der Waals surface area (Å²) in [6, 6.07) is 0. The lowest BCUT2D eigenvalue weighted by molar-refractivity contribution is -0.124. The highest BCUT2D eigenvalue weighted by Crippen LogP contribution is 2.26. The highest BCUT2D eigenvalue weighted by molar-refractivity contribution is 5.76. The van der Waals surface area contributed by atoms with Gasteiger partial charge in [0, 0.05) is 13.2 Å². The molecular weight excluding hydrogens is 230 g/mol. The summed E-state index contributed by atoms with van der Waals surface area (Å²) in [5, 5.41) is 13.3. The van der Waals surface area contributed by atoms with Crippen LogP contribution in [0.5, 0.6) is 0 Å². The summed E-state index contributed by atoms with van der Waals surface area (Å²) in [6.45, 7) is 1.18. The molecule has 1 amide bonds. The zero-order valence-electron chi connectivity index (χ0n) is 11.1. The molecule has 1 saturated heterocycles. The quantitative estimate of drug-likeness (QED) is 0.753. The minimum atomic E-state index is -0.678. The third-order valence-electron chi connectivity index (χ3n) is 4.09. The van der Waals surface area contributed by atoms with Crippen LogP contribution in [0.4, 0.5) is 0 Å². The summed E-state index contributed by atoms with van der Waals surface area (Å²) in [7, 11) is 0. The van der Waals surface area contributed by atoms with Crippen molar-refractivity contribution in [3.8, 4) is 0 Å². The van der Waals surface area contributed by atoms with Crippen molar-refractivity contribution < 1.29 is 14.6 Å². The first kappa shape index (κ1) is 13.8. The molecule has 1 atom stereocenters. The molecule has 1 aliphatic heterocycles. The van der Waals surface area contributed by atoms with Crippen molar-refractivity contribution in [3.05, 3.63) is 0 Å². The zero-order chi connectivity index (χ0) is 12.8. The molecule has 1 heterocycles. The Bertz CT molecular complexity index is 266. The fourth-order valence-electron chi connectivity index (χ4n) is 2.91. The molecule has 1 unspecified atom stereocenters. The van der Waals surface area contributed by atoms with Crippen LogP contribution in [0, 0.1) is 0 Å². The molecule has 1 saturated carbocycles. The molecule has 0 spiro atoms. The van der Waals surface area contributed by atoms with Gasteiger partial charge in [-0.15, -0.1) is 0 Å². The lowest BCUT2D eigenvalue weighted by Gasteiger charge is -2.27. The van der Waals surface area contributed by atoms with Crippen LogP contribution >= 0.6 is 0 Å². The second kappa shape index (κ2) is 6.53. The van der Waals surface area contributed by atoms with Crippen LogP contribution in [0.3, 0.4) is 0 Å². The zero-order valence-corrected chi connectivity index (χ0v) is 11.1. The smallest absolute Gasteiger partial charge is 0.222 e. The van der Waals surface area contributed by atoms with Gasteiger partial charge in [-0.1, -0.05) is 25.7 Å². The van der Waals surface area contributed by atoms with Gasteiger partial charge in [-0.25, -0.2) is 0 Å². The van der Waals surface area contributed by atoms with E-state index in [1.54, 1.807) is 0 Å². The molecule has 2 aliphatic rings. The van der Waals surface area contributed by atoms with E-state index in [1.165, 1.54) is 12.8 Å². The van der Waals surface area contributed by atoms with Crippen molar-refractivity contribution in [3.63, 3.8) is 0 Å². The molecule has 4 nitrogen and oxygen atoms in total. The average molecular weight is 255 g/mol. The Hall–Kier alpha value is -0.610. The largest absolute Gasteiger partial charge is 0.388 e. The minimum absolute atomic E-state index is 0.0135. The molecule has 0 aromatic carbocycles. The van der Waals surface area contributed by atoms with Crippen LogP contribution in [0.25, 0.3) is 0 Å². The van der Waals surface area contributed by atoms with Gasteiger partial charge in [0.15, 0.2) is 0 Å².